The molecule has 0 saturated heterocycles. The van der Waals surface area contributed by atoms with E-state index in [-0.39, 0.29) is 5.60 Å². The Hall–Kier alpha value is -0.570. The fourth-order valence-electron chi connectivity index (χ4n) is 1.91. The number of likely N-dealkylation sites (N-methyl/N-ethyl adjacent to an activating group) is 1. The Morgan fingerprint density at radius 1 is 1.32 bits per heavy atom. The molecule has 0 aromatic heterocycles. The summed E-state index contributed by atoms with van der Waals surface area (Å²) in [5.41, 5.74) is 2.26. The Morgan fingerprint density at radius 2 is 2.00 bits per heavy atom. The first-order valence-electron chi connectivity index (χ1n) is 6.94. The van der Waals surface area contributed by atoms with E-state index in [1.165, 1.54) is 11.1 Å². The predicted octanol–water partition coefficient (Wildman–Crippen LogP) is 3.98. The third-order valence-electron chi connectivity index (χ3n) is 2.89. The second-order valence-corrected chi connectivity index (χ2v) is 6.38. The molecule has 1 aromatic carbocycles. The largest absolute Gasteiger partial charge is 0.374 e. The molecule has 0 saturated carbocycles. The lowest BCUT2D eigenvalue weighted by Gasteiger charge is -2.25. The Kier molecular flexibility index (Phi) is 6.31. The van der Waals surface area contributed by atoms with Crippen LogP contribution in [0.5, 0.6) is 0 Å². The quantitative estimate of drug-likeness (QED) is 0.852. The lowest BCUT2D eigenvalue weighted by molar-refractivity contribution is -0.0141. The maximum atomic E-state index is 6.30. The normalized spacial score (nSPS) is 13.6. The van der Waals surface area contributed by atoms with Crippen molar-refractivity contribution in [1.82, 2.24) is 5.32 Å². The van der Waals surface area contributed by atoms with Gasteiger partial charge in [-0.25, -0.2) is 0 Å². The van der Waals surface area contributed by atoms with Crippen molar-refractivity contribution >= 4 is 11.6 Å². The fraction of sp³-hybridized carbons (Fsp3) is 0.625. The minimum Gasteiger partial charge on any atom is -0.374 e. The van der Waals surface area contributed by atoms with Crippen molar-refractivity contribution in [2.45, 2.75) is 52.7 Å². The Balaban J connectivity index is 2.67. The first-order chi connectivity index (χ1) is 8.81. The van der Waals surface area contributed by atoms with Crippen LogP contribution >= 0.6 is 11.6 Å². The molecule has 1 atom stereocenters. The summed E-state index contributed by atoms with van der Waals surface area (Å²) in [6, 6.07) is 6.53. The molecule has 0 aliphatic carbocycles. The van der Waals surface area contributed by atoms with Gasteiger partial charge in [0.1, 0.15) is 0 Å². The maximum absolute atomic E-state index is 6.30. The van der Waals surface area contributed by atoms with Crippen molar-refractivity contribution in [2.75, 3.05) is 13.2 Å². The van der Waals surface area contributed by atoms with Gasteiger partial charge in [0, 0.05) is 11.1 Å². The van der Waals surface area contributed by atoms with E-state index in [0.717, 1.165) is 18.0 Å². The predicted molar refractivity (Wildman–Crippen MR) is 83.1 cm³/mol. The van der Waals surface area contributed by atoms with Crippen molar-refractivity contribution in [1.29, 1.82) is 0 Å². The van der Waals surface area contributed by atoms with Crippen LogP contribution in [0, 0.1) is 6.92 Å². The van der Waals surface area contributed by atoms with E-state index in [4.69, 9.17) is 16.3 Å². The Labute approximate surface area is 122 Å². The van der Waals surface area contributed by atoms with Crippen LogP contribution in [0.4, 0.5) is 0 Å². The van der Waals surface area contributed by atoms with Crippen LogP contribution in [0.25, 0.3) is 0 Å². The summed E-state index contributed by atoms with van der Waals surface area (Å²) in [7, 11) is 0. The number of hydrogen-bond donors (Lipinski definition) is 1. The van der Waals surface area contributed by atoms with Gasteiger partial charge in [0.2, 0.25) is 0 Å². The minimum atomic E-state index is -0.106. The highest BCUT2D eigenvalue weighted by molar-refractivity contribution is 6.31. The van der Waals surface area contributed by atoms with Gasteiger partial charge in [0.25, 0.3) is 0 Å². The van der Waals surface area contributed by atoms with E-state index in [1.807, 2.05) is 6.07 Å². The van der Waals surface area contributed by atoms with Crippen molar-refractivity contribution in [3.05, 3.63) is 34.3 Å². The molecule has 0 fully saturated rings. The molecule has 3 heteroatoms. The Bertz CT molecular complexity index is 398. The third kappa shape index (κ3) is 6.42. The second-order valence-electron chi connectivity index (χ2n) is 5.98. The molecule has 0 aliphatic heterocycles. The molecule has 0 bridgehead atoms. The molecule has 0 amide bonds. The molecule has 1 aromatic rings. The van der Waals surface area contributed by atoms with E-state index in [1.54, 1.807) is 0 Å². The van der Waals surface area contributed by atoms with E-state index >= 15 is 0 Å². The maximum Gasteiger partial charge on any atom is 0.0629 e. The van der Waals surface area contributed by atoms with Gasteiger partial charge >= 0.3 is 0 Å². The number of nitrogens with one attached hydrogen (secondary N) is 1. The summed E-state index contributed by atoms with van der Waals surface area (Å²) >= 11 is 6.30. The average molecular weight is 284 g/mol. The number of hydrogen-bond acceptors (Lipinski definition) is 2. The van der Waals surface area contributed by atoms with Gasteiger partial charge in [-0.15, -0.1) is 0 Å². The molecule has 0 heterocycles. The molecule has 1 rings (SSSR count). The van der Waals surface area contributed by atoms with E-state index in [0.29, 0.717) is 12.6 Å². The van der Waals surface area contributed by atoms with Crippen LogP contribution in [0.15, 0.2) is 18.2 Å². The van der Waals surface area contributed by atoms with Crippen molar-refractivity contribution < 1.29 is 4.74 Å². The SMILES string of the molecule is CCNC(COC(C)(C)C)Cc1ccc(C)cc1Cl. The number of ether oxygens (including phenoxy) is 1. The summed E-state index contributed by atoms with van der Waals surface area (Å²) in [5.74, 6) is 0. The van der Waals surface area contributed by atoms with Gasteiger partial charge in [-0.3, -0.25) is 0 Å². The van der Waals surface area contributed by atoms with Crippen LogP contribution in [-0.4, -0.2) is 24.8 Å². The molecular formula is C16H26ClNO. The monoisotopic (exact) mass is 283 g/mol. The molecule has 0 spiro atoms. The highest BCUT2D eigenvalue weighted by atomic mass is 35.5. The van der Waals surface area contributed by atoms with Gasteiger partial charge < -0.3 is 10.1 Å². The average Bonchev–Trinajstić information content (AvgIpc) is 2.28. The minimum absolute atomic E-state index is 0.106. The van der Waals surface area contributed by atoms with E-state index in [2.05, 4.69) is 52.1 Å². The molecular weight excluding hydrogens is 258 g/mol. The van der Waals surface area contributed by atoms with Crippen molar-refractivity contribution in [3.63, 3.8) is 0 Å². The van der Waals surface area contributed by atoms with Gasteiger partial charge in [-0.1, -0.05) is 30.7 Å². The van der Waals surface area contributed by atoms with Crippen LogP contribution in [0.1, 0.15) is 38.8 Å². The standard InChI is InChI=1S/C16H26ClNO/c1-6-18-14(11-19-16(3,4)5)10-13-8-7-12(2)9-15(13)17/h7-9,14,18H,6,10-11H2,1-5H3. The number of rotatable bonds is 6. The molecule has 0 radical (unpaired) electrons. The van der Waals surface area contributed by atoms with Crippen molar-refractivity contribution in [2.24, 2.45) is 0 Å². The zero-order valence-electron chi connectivity index (χ0n) is 12.7. The van der Waals surface area contributed by atoms with Crippen LogP contribution in [-0.2, 0) is 11.2 Å². The summed E-state index contributed by atoms with van der Waals surface area (Å²) in [5, 5.41) is 4.31. The van der Waals surface area contributed by atoms with Crippen LogP contribution in [0.2, 0.25) is 5.02 Å². The first kappa shape index (κ1) is 16.5. The number of benzene rings is 1. The number of halogens is 1. The molecule has 1 N–H and O–H groups in total. The zero-order chi connectivity index (χ0) is 14.5. The summed E-state index contributed by atoms with van der Waals surface area (Å²) < 4.78 is 5.87. The molecule has 0 aliphatic rings. The van der Waals surface area contributed by atoms with E-state index < -0.39 is 0 Å². The zero-order valence-corrected chi connectivity index (χ0v) is 13.5. The Morgan fingerprint density at radius 3 is 2.53 bits per heavy atom. The number of aryl methyl sites for hydroxylation is 1. The topological polar surface area (TPSA) is 21.3 Å². The first-order valence-corrected chi connectivity index (χ1v) is 7.32. The molecule has 108 valence electrons. The summed E-state index contributed by atoms with van der Waals surface area (Å²) in [6.07, 6.45) is 0.892. The lowest BCUT2D eigenvalue weighted by Crippen LogP contribution is -2.38. The highest BCUT2D eigenvalue weighted by Crippen LogP contribution is 2.19. The van der Waals surface area contributed by atoms with Gasteiger partial charge in [0.15, 0.2) is 0 Å². The van der Waals surface area contributed by atoms with Gasteiger partial charge in [-0.2, -0.15) is 0 Å². The molecule has 19 heavy (non-hydrogen) atoms. The van der Waals surface area contributed by atoms with Crippen LogP contribution in [0.3, 0.4) is 0 Å². The van der Waals surface area contributed by atoms with Crippen LogP contribution < -0.4 is 5.32 Å². The summed E-state index contributed by atoms with van der Waals surface area (Å²) in [6.45, 7) is 12.0. The third-order valence-corrected chi connectivity index (χ3v) is 3.24. The summed E-state index contributed by atoms with van der Waals surface area (Å²) in [4.78, 5) is 0. The molecule has 1 unspecified atom stereocenters. The van der Waals surface area contributed by atoms with Gasteiger partial charge in [0.05, 0.1) is 12.2 Å². The van der Waals surface area contributed by atoms with E-state index in [9.17, 15) is 0 Å². The van der Waals surface area contributed by atoms with Gasteiger partial charge in [-0.05, 0) is 57.9 Å². The smallest absolute Gasteiger partial charge is 0.0629 e. The molecule has 2 nitrogen and oxygen atoms in total. The lowest BCUT2D eigenvalue weighted by atomic mass is 10.0. The highest BCUT2D eigenvalue weighted by Gasteiger charge is 2.16. The van der Waals surface area contributed by atoms with Crippen molar-refractivity contribution in [3.8, 4) is 0 Å². The fourth-order valence-corrected chi connectivity index (χ4v) is 2.22. The second kappa shape index (κ2) is 7.28.